The highest BCUT2D eigenvalue weighted by Gasteiger charge is 2.08. The Hall–Kier alpha value is -1.71. The summed E-state index contributed by atoms with van der Waals surface area (Å²) in [6.07, 6.45) is 0. The summed E-state index contributed by atoms with van der Waals surface area (Å²) < 4.78 is 0. The van der Waals surface area contributed by atoms with Gasteiger partial charge in [-0.15, -0.1) is 0 Å². The summed E-state index contributed by atoms with van der Waals surface area (Å²) in [6, 6.07) is 5.39. The number of carbonyl (C=O) groups is 1. The quantitative estimate of drug-likeness (QED) is 0.757. The van der Waals surface area contributed by atoms with E-state index in [2.05, 4.69) is 12.2 Å². The summed E-state index contributed by atoms with van der Waals surface area (Å²) >= 11 is 0. The van der Waals surface area contributed by atoms with Crippen molar-refractivity contribution in [1.82, 2.24) is 5.32 Å². The van der Waals surface area contributed by atoms with Crippen LogP contribution in [0.1, 0.15) is 24.2 Å². The third-order valence-electron chi connectivity index (χ3n) is 2.51. The third kappa shape index (κ3) is 2.66. The first-order chi connectivity index (χ1) is 7.60. The first-order valence-electron chi connectivity index (χ1n) is 5.49. The normalized spacial score (nSPS) is 9.94. The zero-order chi connectivity index (χ0) is 12.1. The van der Waals surface area contributed by atoms with Crippen molar-refractivity contribution in [2.45, 2.75) is 13.8 Å². The van der Waals surface area contributed by atoms with Crippen LogP contribution in [-0.2, 0) is 0 Å². The Bertz CT molecular complexity index is 377. The number of nitrogen functional groups attached to an aromatic ring is 1. The van der Waals surface area contributed by atoms with Crippen LogP contribution in [-0.4, -0.2) is 26.0 Å². The van der Waals surface area contributed by atoms with Crippen molar-refractivity contribution in [3.05, 3.63) is 23.8 Å². The largest absolute Gasteiger partial charge is 0.397 e. The number of nitrogens with one attached hydrogen (secondary N) is 1. The van der Waals surface area contributed by atoms with E-state index in [1.165, 1.54) is 0 Å². The molecule has 3 N–H and O–H groups in total. The molecule has 0 aliphatic rings. The van der Waals surface area contributed by atoms with Crippen LogP contribution >= 0.6 is 0 Å². The number of carbonyl (C=O) groups excluding carboxylic acids is 1. The number of benzene rings is 1. The van der Waals surface area contributed by atoms with E-state index in [0.29, 0.717) is 17.8 Å². The zero-order valence-electron chi connectivity index (χ0n) is 10.1. The van der Waals surface area contributed by atoms with Crippen LogP contribution < -0.4 is 16.0 Å². The molecule has 1 rings (SSSR count). The number of anilines is 2. The number of rotatable bonds is 4. The van der Waals surface area contributed by atoms with E-state index in [1.807, 2.05) is 24.9 Å². The van der Waals surface area contributed by atoms with E-state index in [-0.39, 0.29) is 5.91 Å². The molecule has 1 aromatic rings. The van der Waals surface area contributed by atoms with Gasteiger partial charge >= 0.3 is 0 Å². The van der Waals surface area contributed by atoms with Gasteiger partial charge in [0.1, 0.15) is 0 Å². The minimum atomic E-state index is -0.0834. The predicted molar refractivity (Wildman–Crippen MR) is 67.8 cm³/mol. The number of nitrogens with zero attached hydrogens (tertiary/aromatic N) is 1. The van der Waals surface area contributed by atoms with E-state index in [4.69, 9.17) is 5.73 Å². The molecular formula is C12H19N3O. The van der Waals surface area contributed by atoms with Crippen molar-refractivity contribution in [3.63, 3.8) is 0 Å². The fraction of sp³-hybridized carbons (Fsp3) is 0.417. The average Bonchev–Trinajstić information content (AvgIpc) is 2.28. The van der Waals surface area contributed by atoms with Crippen LogP contribution in [0.15, 0.2) is 18.2 Å². The van der Waals surface area contributed by atoms with Gasteiger partial charge in [-0.05, 0) is 32.0 Å². The molecule has 0 fully saturated rings. The molecule has 0 bridgehead atoms. The first-order valence-corrected chi connectivity index (χ1v) is 5.49. The standard InChI is InChI=1S/C12H19N3O/c1-4-14-12(16)9-6-7-11(10(13)8-9)15(3)5-2/h6-8H,4-5,13H2,1-3H3,(H,14,16). The lowest BCUT2D eigenvalue weighted by atomic mass is 10.1. The van der Waals surface area contributed by atoms with Gasteiger partial charge in [0.15, 0.2) is 0 Å². The molecule has 1 amide bonds. The van der Waals surface area contributed by atoms with Crippen molar-refractivity contribution in [3.8, 4) is 0 Å². The van der Waals surface area contributed by atoms with Gasteiger partial charge in [-0.1, -0.05) is 0 Å². The van der Waals surface area contributed by atoms with Gasteiger partial charge in [0.25, 0.3) is 5.91 Å². The van der Waals surface area contributed by atoms with E-state index >= 15 is 0 Å². The second-order valence-corrected chi connectivity index (χ2v) is 3.65. The van der Waals surface area contributed by atoms with E-state index in [1.54, 1.807) is 12.1 Å². The maximum Gasteiger partial charge on any atom is 0.251 e. The molecule has 0 spiro atoms. The molecule has 0 aliphatic carbocycles. The number of hydrogen-bond donors (Lipinski definition) is 2. The maximum atomic E-state index is 11.6. The van der Waals surface area contributed by atoms with E-state index < -0.39 is 0 Å². The van der Waals surface area contributed by atoms with Crippen molar-refractivity contribution in [2.24, 2.45) is 0 Å². The smallest absolute Gasteiger partial charge is 0.251 e. The van der Waals surface area contributed by atoms with Gasteiger partial charge in [-0.3, -0.25) is 4.79 Å². The summed E-state index contributed by atoms with van der Waals surface area (Å²) in [7, 11) is 1.97. The van der Waals surface area contributed by atoms with E-state index in [0.717, 1.165) is 12.2 Å². The number of nitrogens with two attached hydrogens (primary N) is 1. The van der Waals surface area contributed by atoms with Gasteiger partial charge in [-0.25, -0.2) is 0 Å². The van der Waals surface area contributed by atoms with Crippen LogP contribution in [0.5, 0.6) is 0 Å². The fourth-order valence-electron chi connectivity index (χ4n) is 1.48. The lowest BCUT2D eigenvalue weighted by molar-refractivity contribution is 0.0956. The van der Waals surface area contributed by atoms with E-state index in [9.17, 15) is 4.79 Å². The molecule has 0 aliphatic heterocycles. The van der Waals surface area contributed by atoms with Crippen LogP contribution in [0.3, 0.4) is 0 Å². The van der Waals surface area contributed by atoms with Gasteiger partial charge in [0.05, 0.1) is 11.4 Å². The van der Waals surface area contributed by atoms with Crippen LogP contribution in [0.25, 0.3) is 0 Å². The average molecular weight is 221 g/mol. The SMILES string of the molecule is CCNC(=O)c1ccc(N(C)CC)c(N)c1. The molecule has 0 unspecified atom stereocenters. The third-order valence-corrected chi connectivity index (χ3v) is 2.51. The molecule has 0 saturated carbocycles. The Morgan fingerprint density at radius 1 is 1.44 bits per heavy atom. The van der Waals surface area contributed by atoms with Gasteiger partial charge in [-0.2, -0.15) is 0 Å². The summed E-state index contributed by atoms with van der Waals surface area (Å²) in [5.41, 5.74) is 8.10. The monoisotopic (exact) mass is 221 g/mol. The second-order valence-electron chi connectivity index (χ2n) is 3.65. The molecule has 1 aromatic carbocycles. The minimum Gasteiger partial charge on any atom is -0.397 e. The van der Waals surface area contributed by atoms with Gasteiger partial charge in [0.2, 0.25) is 0 Å². The second kappa shape index (κ2) is 5.39. The van der Waals surface area contributed by atoms with Crippen molar-refractivity contribution < 1.29 is 4.79 Å². The Labute approximate surface area is 96.4 Å². The number of amides is 1. The Morgan fingerprint density at radius 2 is 2.12 bits per heavy atom. The summed E-state index contributed by atoms with van der Waals surface area (Å²) in [4.78, 5) is 13.6. The molecule has 0 aromatic heterocycles. The van der Waals surface area contributed by atoms with Gasteiger partial charge < -0.3 is 16.0 Å². The fourth-order valence-corrected chi connectivity index (χ4v) is 1.48. The van der Waals surface area contributed by atoms with Crippen molar-refractivity contribution in [1.29, 1.82) is 0 Å². The molecule has 0 atom stereocenters. The molecule has 4 nitrogen and oxygen atoms in total. The molecular weight excluding hydrogens is 202 g/mol. The minimum absolute atomic E-state index is 0.0834. The topological polar surface area (TPSA) is 58.4 Å². The molecule has 16 heavy (non-hydrogen) atoms. The van der Waals surface area contributed by atoms with Crippen LogP contribution in [0.2, 0.25) is 0 Å². The Morgan fingerprint density at radius 3 is 2.62 bits per heavy atom. The van der Waals surface area contributed by atoms with Crippen LogP contribution in [0.4, 0.5) is 11.4 Å². The molecule has 0 heterocycles. The molecule has 0 saturated heterocycles. The highest BCUT2D eigenvalue weighted by Crippen LogP contribution is 2.23. The van der Waals surface area contributed by atoms with Crippen molar-refractivity contribution >= 4 is 17.3 Å². The first kappa shape index (κ1) is 12.4. The van der Waals surface area contributed by atoms with Crippen molar-refractivity contribution in [2.75, 3.05) is 30.8 Å². The van der Waals surface area contributed by atoms with Gasteiger partial charge in [0, 0.05) is 25.7 Å². The maximum absolute atomic E-state index is 11.6. The Kier molecular flexibility index (Phi) is 4.17. The zero-order valence-corrected chi connectivity index (χ0v) is 10.1. The predicted octanol–water partition coefficient (Wildman–Crippen LogP) is 1.47. The summed E-state index contributed by atoms with van der Waals surface area (Å²) in [6.45, 7) is 5.44. The lowest BCUT2D eigenvalue weighted by Gasteiger charge is -2.19. The Balaban J connectivity index is 2.95. The highest BCUT2D eigenvalue weighted by molar-refractivity contribution is 5.96. The van der Waals surface area contributed by atoms with Crippen LogP contribution in [0, 0.1) is 0 Å². The summed E-state index contributed by atoms with van der Waals surface area (Å²) in [5, 5.41) is 2.74. The lowest BCUT2D eigenvalue weighted by Crippen LogP contribution is -2.23. The highest BCUT2D eigenvalue weighted by atomic mass is 16.1. The number of hydrogen-bond acceptors (Lipinski definition) is 3. The molecule has 88 valence electrons. The molecule has 4 heteroatoms. The molecule has 0 radical (unpaired) electrons. The summed E-state index contributed by atoms with van der Waals surface area (Å²) in [5.74, 6) is -0.0834.